The van der Waals surface area contributed by atoms with Crippen LogP contribution in [0.15, 0.2) is 212 Å². The van der Waals surface area contributed by atoms with Crippen LogP contribution in [-0.2, 0) is 0 Å². The SMILES string of the molecule is c1ccc(-n2c3ccccc3c3ccc(-c4cccc(-n5c6ccccc6c6ccc7c8ccccc8n(-c8ccc9c(ccc%10ccccc%109)c8)c7c65)c4)cc32)cc1. The fraction of sp³-hybridized carbons (Fsp3) is 0. The molecule has 0 saturated heterocycles. The van der Waals surface area contributed by atoms with Gasteiger partial charge >= 0.3 is 0 Å². The molecule has 0 bridgehead atoms. The Balaban J connectivity index is 1.08. The van der Waals surface area contributed by atoms with Crippen LogP contribution < -0.4 is 0 Å². The van der Waals surface area contributed by atoms with Gasteiger partial charge in [0.2, 0.25) is 0 Å². The van der Waals surface area contributed by atoms with E-state index >= 15 is 0 Å². The van der Waals surface area contributed by atoms with Gasteiger partial charge in [0.25, 0.3) is 0 Å². The predicted octanol–water partition coefficient (Wildman–Crippen LogP) is 15.0. The van der Waals surface area contributed by atoms with Crippen molar-refractivity contribution in [3.63, 3.8) is 0 Å². The summed E-state index contributed by atoms with van der Waals surface area (Å²) in [4.78, 5) is 0. The first kappa shape index (κ1) is 32.2. The second kappa shape index (κ2) is 12.3. The summed E-state index contributed by atoms with van der Waals surface area (Å²) in [6, 6.07) is 78.1. The zero-order valence-electron chi connectivity index (χ0n) is 32.0. The van der Waals surface area contributed by atoms with Gasteiger partial charge in [0.1, 0.15) is 0 Å². The summed E-state index contributed by atoms with van der Waals surface area (Å²) in [5.41, 5.74) is 13.0. The first-order valence-corrected chi connectivity index (χ1v) is 20.4. The minimum atomic E-state index is 1.13. The van der Waals surface area contributed by atoms with Crippen LogP contribution in [0.4, 0.5) is 0 Å². The molecule has 13 rings (SSSR count). The molecule has 3 heterocycles. The molecule has 0 fully saturated rings. The highest BCUT2D eigenvalue weighted by Gasteiger charge is 2.22. The first-order valence-electron chi connectivity index (χ1n) is 20.4. The first-order chi connectivity index (χ1) is 29.3. The lowest BCUT2D eigenvalue weighted by molar-refractivity contribution is 1.15. The molecule has 0 aliphatic heterocycles. The fourth-order valence-corrected chi connectivity index (χ4v) is 10.0. The quantitative estimate of drug-likeness (QED) is 0.159. The lowest BCUT2D eigenvalue weighted by atomic mass is 10.0. The van der Waals surface area contributed by atoms with E-state index in [0.29, 0.717) is 0 Å². The highest BCUT2D eigenvalue weighted by molar-refractivity contribution is 6.24. The van der Waals surface area contributed by atoms with E-state index in [1.807, 2.05) is 0 Å². The average molecular weight is 750 g/mol. The van der Waals surface area contributed by atoms with E-state index in [2.05, 4.69) is 226 Å². The van der Waals surface area contributed by atoms with Crippen molar-refractivity contribution >= 4 is 87.0 Å². The van der Waals surface area contributed by atoms with E-state index in [1.54, 1.807) is 0 Å². The van der Waals surface area contributed by atoms with Gasteiger partial charge in [-0.15, -0.1) is 0 Å². The normalized spacial score (nSPS) is 12.1. The molecular weight excluding hydrogens is 715 g/mol. The van der Waals surface area contributed by atoms with Gasteiger partial charge in [-0.3, -0.25) is 0 Å². The molecule has 0 unspecified atom stereocenters. The molecule has 10 aromatic carbocycles. The van der Waals surface area contributed by atoms with E-state index < -0.39 is 0 Å². The summed E-state index contributed by atoms with van der Waals surface area (Å²) < 4.78 is 7.40. The van der Waals surface area contributed by atoms with Crippen molar-refractivity contribution in [1.82, 2.24) is 13.7 Å². The molecule has 13 aromatic rings. The van der Waals surface area contributed by atoms with E-state index in [1.165, 1.54) is 98.1 Å². The average Bonchev–Trinajstić information content (AvgIpc) is 3.95. The minimum Gasteiger partial charge on any atom is -0.309 e. The fourth-order valence-electron chi connectivity index (χ4n) is 10.0. The second-order valence-corrected chi connectivity index (χ2v) is 15.7. The molecule has 0 N–H and O–H groups in total. The van der Waals surface area contributed by atoms with E-state index in [4.69, 9.17) is 0 Å². The monoisotopic (exact) mass is 749 g/mol. The maximum atomic E-state index is 2.50. The maximum absolute atomic E-state index is 2.50. The number of fused-ring (bicyclic) bond motifs is 13. The van der Waals surface area contributed by atoms with Gasteiger partial charge in [-0.05, 0) is 93.3 Å². The number of rotatable bonds is 4. The third-order valence-electron chi connectivity index (χ3n) is 12.6. The van der Waals surface area contributed by atoms with Gasteiger partial charge in [0.15, 0.2) is 0 Å². The van der Waals surface area contributed by atoms with E-state index in [9.17, 15) is 0 Å². The lowest BCUT2D eigenvalue weighted by Crippen LogP contribution is -1.99. The van der Waals surface area contributed by atoms with Gasteiger partial charge in [0.05, 0.1) is 33.1 Å². The highest BCUT2D eigenvalue weighted by Crippen LogP contribution is 2.43. The molecule has 0 aliphatic rings. The zero-order valence-corrected chi connectivity index (χ0v) is 32.0. The molecule has 0 atom stereocenters. The van der Waals surface area contributed by atoms with Crippen LogP contribution in [0.1, 0.15) is 0 Å². The number of hydrogen-bond donors (Lipinski definition) is 0. The van der Waals surface area contributed by atoms with Crippen molar-refractivity contribution in [3.8, 4) is 28.2 Å². The molecule has 0 aliphatic carbocycles. The van der Waals surface area contributed by atoms with Gasteiger partial charge in [-0.2, -0.15) is 0 Å². The summed E-state index contributed by atoms with van der Waals surface area (Å²) >= 11 is 0. The molecule has 0 spiro atoms. The smallest absolute Gasteiger partial charge is 0.0788 e. The highest BCUT2D eigenvalue weighted by atomic mass is 15.0. The summed E-state index contributed by atoms with van der Waals surface area (Å²) in [7, 11) is 0. The molecule has 3 heteroatoms. The lowest BCUT2D eigenvalue weighted by Gasteiger charge is -2.14. The summed E-state index contributed by atoms with van der Waals surface area (Å²) in [6.45, 7) is 0. The summed E-state index contributed by atoms with van der Waals surface area (Å²) in [5, 5.41) is 12.5. The van der Waals surface area contributed by atoms with Crippen LogP contribution >= 0.6 is 0 Å². The summed E-state index contributed by atoms with van der Waals surface area (Å²) in [6.07, 6.45) is 0. The standard InChI is InChI=1S/C56H35N3/c1-2-15-40(16-3-1)57-51-22-9-6-19-45(51)48-29-27-38(35-54(48)57)37-14-12-17-41(33-37)58-52-23-10-7-20-46(52)49-31-32-50-47-21-8-11-24-53(47)59(56(50)55(49)58)42-28-30-44-39(34-42)26-25-36-13-4-5-18-43(36)44/h1-35H. The van der Waals surface area contributed by atoms with Crippen molar-refractivity contribution < 1.29 is 0 Å². The van der Waals surface area contributed by atoms with Crippen molar-refractivity contribution in [3.05, 3.63) is 212 Å². The van der Waals surface area contributed by atoms with Crippen molar-refractivity contribution in [2.45, 2.75) is 0 Å². The summed E-state index contributed by atoms with van der Waals surface area (Å²) in [5.74, 6) is 0. The third kappa shape index (κ3) is 4.64. The molecule has 3 aromatic heterocycles. The number of hydrogen-bond acceptors (Lipinski definition) is 0. The van der Waals surface area contributed by atoms with E-state index in [-0.39, 0.29) is 0 Å². The van der Waals surface area contributed by atoms with Gasteiger partial charge in [0, 0.05) is 49.4 Å². The Labute approximate surface area is 339 Å². The van der Waals surface area contributed by atoms with Gasteiger partial charge in [-0.25, -0.2) is 0 Å². The molecule has 59 heavy (non-hydrogen) atoms. The van der Waals surface area contributed by atoms with Crippen LogP contribution in [0.5, 0.6) is 0 Å². The molecule has 0 radical (unpaired) electrons. The Hall–Kier alpha value is -7.88. The Bertz CT molecular complexity index is 3840. The number of nitrogens with zero attached hydrogens (tertiary/aromatic N) is 3. The number of benzene rings is 10. The molecule has 0 saturated carbocycles. The van der Waals surface area contributed by atoms with Crippen molar-refractivity contribution in [2.75, 3.05) is 0 Å². The molecule has 0 amide bonds. The second-order valence-electron chi connectivity index (χ2n) is 15.7. The maximum Gasteiger partial charge on any atom is 0.0788 e. The Morgan fingerprint density at radius 2 is 0.695 bits per heavy atom. The van der Waals surface area contributed by atoms with E-state index in [0.717, 1.165) is 17.1 Å². The topological polar surface area (TPSA) is 14.8 Å². The van der Waals surface area contributed by atoms with Crippen molar-refractivity contribution in [2.24, 2.45) is 0 Å². The minimum absolute atomic E-state index is 1.13. The largest absolute Gasteiger partial charge is 0.309 e. The van der Waals surface area contributed by atoms with Crippen molar-refractivity contribution in [1.29, 1.82) is 0 Å². The Morgan fingerprint density at radius 3 is 1.41 bits per heavy atom. The third-order valence-corrected chi connectivity index (χ3v) is 12.6. The predicted molar refractivity (Wildman–Crippen MR) is 250 cm³/mol. The Kier molecular flexibility index (Phi) is 6.72. The van der Waals surface area contributed by atoms with Crippen LogP contribution in [0.3, 0.4) is 0 Å². The molecule has 3 nitrogen and oxygen atoms in total. The van der Waals surface area contributed by atoms with Crippen LogP contribution in [-0.4, -0.2) is 13.7 Å². The van der Waals surface area contributed by atoms with Gasteiger partial charge < -0.3 is 13.7 Å². The zero-order chi connectivity index (χ0) is 38.6. The number of para-hydroxylation sites is 4. The molecular formula is C56H35N3. The van der Waals surface area contributed by atoms with Crippen LogP contribution in [0.2, 0.25) is 0 Å². The van der Waals surface area contributed by atoms with Crippen LogP contribution in [0.25, 0.3) is 115 Å². The van der Waals surface area contributed by atoms with Crippen LogP contribution in [0, 0.1) is 0 Å². The van der Waals surface area contributed by atoms with Gasteiger partial charge in [-0.1, -0.05) is 152 Å². The molecule has 274 valence electrons. The Morgan fingerprint density at radius 1 is 0.220 bits per heavy atom. The number of aromatic nitrogens is 3.